The molecule has 0 radical (unpaired) electrons. The molecular weight excluding hydrogens is 184 g/mol. The molecule has 0 bridgehead atoms. The Morgan fingerprint density at radius 3 is 3.20 bits per heavy atom. The summed E-state index contributed by atoms with van der Waals surface area (Å²) in [5.74, 6) is 0. The van der Waals surface area contributed by atoms with Gasteiger partial charge >= 0.3 is 0 Å². The van der Waals surface area contributed by atoms with Crippen LogP contribution < -0.4 is 5.32 Å². The Kier molecular flexibility index (Phi) is 3.16. The highest BCUT2D eigenvalue weighted by molar-refractivity contribution is 5.52. The average Bonchev–Trinajstić information content (AvgIpc) is 2.29. The molecule has 0 spiro atoms. The molecular formula is C13H14N2. The molecule has 0 aliphatic carbocycles. The lowest BCUT2D eigenvalue weighted by molar-refractivity contribution is 0.643. The third kappa shape index (κ3) is 2.45. The van der Waals surface area contributed by atoms with Crippen molar-refractivity contribution < 1.29 is 0 Å². The number of rotatable bonds is 2. The summed E-state index contributed by atoms with van der Waals surface area (Å²) in [6, 6.07) is 8.62. The second kappa shape index (κ2) is 4.77. The van der Waals surface area contributed by atoms with Crippen LogP contribution in [0.25, 0.3) is 6.08 Å². The molecule has 1 aliphatic heterocycles. The lowest BCUT2D eigenvalue weighted by atomic mass is 9.98. The molecule has 0 fully saturated rings. The van der Waals surface area contributed by atoms with Crippen LogP contribution in [0, 0.1) is 11.3 Å². The lowest BCUT2D eigenvalue weighted by Crippen LogP contribution is -2.23. The van der Waals surface area contributed by atoms with Gasteiger partial charge in [-0.05, 0) is 29.7 Å². The zero-order chi connectivity index (χ0) is 10.5. The molecule has 0 unspecified atom stereocenters. The van der Waals surface area contributed by atoms with Crippen LogP contribution >= 0.6 is 0 Å². The van der Waals surface area contributed by atoms with Crippen molar-refractivity contribution in [2.45, 2.75) is 19.4 Å². The predicted molar refractivity (Wildman–Crippen MR) is 61.1 cm³/mol. The van der Waals surface area contributed by atoms with Gasteiger partial charge in [0.25, 0.3) is 0 Å². The number of hydrogen-bond acceptors (Lipinski definition) is 2. The SMILES string of the molecule is N#CCC=Cc1ccc2c(c1)CNCC2. The van der Waals surface area contributed by atoms with Crippen molar-refractivity contribution >= 4 is 6.08 Å². The molecule has 1 N–H and O–H groups in total. The number of benzene rings is 1. The van der Waals surface area contributed by atoms with Crippen LogP contribution in [0.15, 0.2) is 24.3 Å². The normalized spacial score (nSPS) is 14.9. The first kappa shape index (κ1) is 9.95. The van der Waals surface area contributed by atoms with Gasteiger partial charge in [-0.2, -0.15) is 5.26 Å². The molecule has 0 atom stereocenters. The Labute approximate surface area is 90.2 Å². The second-order valence-corrected chi connectivity index (χ2v) is 3.72. The summed E-state index contributed by atoms with van der Waals surface area (Å²) in [4.78, 5) is 0. The van der Waals surface area contributed by atoms with Gasteiger partial charge in [-0.15, -0.1) is 0 Å². The number of hydrogen-bond donors (Lipinski definition) is 1. The Morgan fingerprint density at radius 1 is 1.40 bits per heavy atom. The zero-order valence-corrected chi connectivity index (χ0v) is 8.66. The van der Waals surface area contributed by atoms with Crippen LogP contribution in [-0.2, 0) is 13.0 Å². The number of nitrogens with zero attached hydrogens (tertiary/aromatic N) is 1. The molecule has 0 saturated carbocycles. The molecule has 1 aromatic carbocycles. The molecule has 76 valence electrons. The van der Waals surface area contributed by atoms with Gasteiger partial charge in [0.1, 0.15) is 0 Å². The molecule has 0 aromatic heterocycles. The monoisotopic (exact) mass is 198 g/mol. The van der Waals surface area contributed by atoms with E-state index < -0.39 is 0 Å². The Bertz CT molecular complexity index is 413. The highest BCUT2D eigenvalue weighted by Crippen LogP contribution is 2.16. The van der Waals surface area contributed by atoms with Crippen molar-refractivity contribution in [1.82, 2.24) is 5.32 Å². The maximum atomic E-state index is 8.43. The minimum Gasteiger partial charge on any atom is -0.312 e. The van der Waals surface area contributed by atoms with E-state index in [1.165, 1.54) is 16.7 Å². The minimum atomic E-state index is 0.481. The number of allylic oxidation sites excluding steroid dienone is 1. The van der Waals surface area contributed by atoms with E-state index >= 15 is 0 Å². The fraction of sp³-hybridized carbons (Fsp3) is 0.308. The third-order valence-electron chi connectivity index (χ3n) is 2.64. The molecule has 15 heavy (non-hydrogen) atoms. The summed E-state index contributed by atoms with van der Waals surface area (Å²) in [6.07, 6.45) is 5.52. The quantitative estimate of drug-likeness (QED) is 0.791. The Balaban J connectivity index is 2.17. The number of fused-ring (bicyclic) bond motifs is 1. The van der Waals surface area contributed by atoms with Crippen molar-refractivity contribution in [2.75, 3.05) is 6.54 Å². The first-order valence-electron chi connectivity index (χ1n) is 5.26. The Morgan fingerprint density at radius 2 is 2.33 bits per heavy atom. The van der Waals surface area contributed by atoms with Crippen LogP contribution in [0.4, 0.5) is 0 Å². The predicted octanol–water partition coefficient (Wildman–Crippen LogP) is 2.26. The van der Waals surface area contributed by atoms with Gasteiger partial charge in [-0.1, -0.05) is 30.4 Å². The van der Waals surface area contributed by atoms with E-state index in [0.29, 0.717) is 6.42 Å². The van der Waals surface area contributed by atoms with Crippen LogP contribution in [0.5, 0.6) is 0 Å². The number of nitrogens with one attached hydrogen (secondary N) is 1. The first-order chi connectivity index (χ1) is 7.40. The highest BCUT2D eigenvalue weighted by Gasteiger charge is 2.07. The summed E-state index contributed by atoms with van der Waals surface area (Å²) < 4.78 is 0. The molecule has 0 saturated heterocycles. The van der Waals surface area contributed by atoms with Gasteiger partial charge in [-0.25, -0.2) is 0 Å². The molecule has 2 heteroatoms. The van der Waals surface area contributed by atoms with E-state index in [9.17, 15) is 0 Å². The maximum Gasteiger partial charge on any atom is 0.0663 e. The minimum absolute atomic E-state index is 0.481. The number of nitriles is 1. The van der Waals surface area contributed by atoms with E-state index in [1.807, 2.05) is 12.2 Å². The van der Waals surface area contributed by atoms with E-state index in [-0.39, 0.29) is 0 Å². The van der Waals surface area contributed by atoms with Crippen LogP contribution in [0.2, 0.25) is 0 Å². The van der Waals surface area contributed by atoms with E-state index in [0.717, 1.165) is 19.5 Å². The van der Waals surface area contributed by atoms with Crippen LogP contribution in [0.3, 0.4) is 0 Å². The third-order valence-corrected chi connectivity index (χ3v) is 2.64. The molecule has 0 amide bonds. The van der Waals surface area contributed by atoms with Crippen molar-refractivity contribution in [3.05, 3.63) is 41.0 Å². The van der Waals surface area contributed by atoms with E-state index in [2.05, 4.69) is 29.6 Å². The second-order valence-electron chi connectivity index (χ2n) is 3.72. The van der Waals surface area contributed by atoms with Gasteiger partial charge < -0.3 is 5.32 Å². The first-order valence-corrected chi connectivity index (χ1v) is 5.26. The summed E-state index contributed by atoms with van der Waals surface area (Å²) >= 11 is 0. The maximum absolute atomic E-state index is 8.43. The summed E-state index contributed by atoms with van der Waals surface area (Å²) in [5.41, 5.74) is 4.03. The van der Waals surface area contributed by atoms with Crippen LogP contribution in [0.1, 0.15) is 23.1 Å². The fourth-order valence-electron chi connectivity index (χ4n) is 1.85. The van der Waals surface area contributed by atoms with Gasteiger partial charge in [0.05, 0.1) is 12.5 Å². The fourth-order valence-corrected chi connectivity index (χ4v) is 1.85. The van der Waals surface area contributed by atoms with Gasteiger partial charge in [0, 0.05) is 6.54 Å². The standard InChI is InChI=1S/C13H14N2/c14-7-2-1-3-11-4-5-12-6-8-15-10-13(12)9-11/h1,3-5,9,15H,2,6,8,10H2. The summed E-state index contributed by atoms with van der Waals surface area (Å²) in [6.45, 7) is 2.05. The molecule has 2 nitrogen and oxygen atoms in total. The highest BCUT2D eigenvalue weighted by atomic mass is 14.9. The summed E-state index contributed by atoms with van der Waals surface area (Å²) in [5, 5.41) is 11.8. The van der Waals surface area contributed by atoms with E-state index in [1.54, 1.807) is 0 Å². The van der Waals surface area contributed by atoms with Gasteiger partial charge in [0.15, 0.2) is 0 Å². The molecule has 1 aromatic rings. The van der Waals surface area contributed by atoms with Gasteiger partial charge in [-0.3, -0.25) is 0 Å². The lowest BCUT2D eigenvalue weighted by Gasteiger charge is -2.17. The zero-order valence-electron chi connectivity index (χ0n) is 8.66. The van der Waals surface area contributed by atoms with Crippen molar-refractivity contribution in [3.8, 4) is 6.07 Å². The Hall–Kier alpha value is -1.59. The van der Waals surface area contributed by atoms with Crippen molar-refractivity contribution in [2.24, 2.45) is 0 Å². The van der Waals surface area contributed by atoms with Gasteiger partial charge in [0.2, 0.25) is 0 Å². The van der Waals surface area contributed by atoms with Crippen molar-refractivity contribution in [1.29, 1.82) is 5.26 Å². The summed E-state index contributed by atoms with van der Waals surface area (Å²) in [7, 11) is 0. The largest absolute Gasteiger partial charge is 0.312 e. The van der Waals surface area contributed by atoms with Crippen molar-refractivity contribution in [3.63, 3.8) is 0 Å². The topological polar surface area (TPSA) is 35.8 Å². The van der Waals surface area contributed by atoms with Crippen LogP contribution in [-0.4, -0.2) is 6.54 Å². The van der Waals surface area contributed by atoms with E-state index in [4.69, 9.17) is 5.26 Å². The molecule has 1 heterocycles. The molecule has 1 aliphatic rings. The average molecular weight is 198 g/mol. The molecule has 2 rings (SSSR count). The smallest absolute Gasteiger partial charge is 0.0663 e.